The van der Waals surface area contributed by atoms with Crippen LogP contribution in [0.4, 0.5) is 0 Å². The fourth-order valence-corrected chi connectivity index (χ4v) is 2.54. The summed E-state index contributed by atoms with van der Waals surface area (Å²) >= 11 is 0. The maximum Gasteiger partial charge on any atom is 0.328 e. The Morgan fingerprint density at radius 3 is 2.76 bits per heavy atom. The van der Waals surface area contributed by atoms with Crippen molar-refractivity contribution < 1.29 is 24.0 Å². The van der Waals surface area contributed by atoms with E-state index in [-0.39, 0.29) is 18.4 Å². The van der Waals surface area contributed by atoms with Crippen molar-refractivity contribution in [2.45, 2.75) is 33.2 Å². The number of carboxylic acids is 1. The molecule has 1 aromatic rings. The zero-order valence-corrected chi connectivity index (χ0v) is 12.5. The number of hydrogen-bond donors (Lipinski definition) is 1. The number of hydrogen-bond acceptors (Lipinski definition) is 5. The number of nitrogens with zero attached hydrogens (tertiary/aromatic N) is 2. The number of rotatable bonds is 4. The monoisotopic (exact) mass is 296 g/mol. The van der Waals surface area contributed by atoms with Crippen molar-refractivity contribution >= 4 is 11.9 Å². The van der Waals surface area contributed by atoms with Gasteiger partial charge in [-0.05, 0) is 20.3 Å². The minimum atomic E-state index is -1.03. The van der Waals surface area contributed by atoms with E-state index in [0.717, 1.165) is 11.3 Å². The maximum absolute atomic E-state index is 12.5. The molecular weight excluding hydrogens is 276 g/mol. The predicted octanol–water partition coefficient (Wildman–Crippen LogP) is 0.782. The Kier molecular flexibility index (Phi) is 4.62. The van der Waals surface area contributed by atoms with Gasteiger partial charge < -0.3 is 19.3 Å². The fourth-order valence-electron chi connectivity index (χ4n) is 2.54. The highest BCUT2D eigenvalue weighted by Gasteiger charge is 2.35. The highest BCUT2D eigenvalue weighted by atomic mass is 16.5. The molecule has 1 amide bonds. The molecule has 0 unspecified atom stereocenters. The van der Waals surface area contributed by atoms with E-state index in [0.29, 0.717) is 25.3 Å². The Hall–Kier alpha value is -1.89. The first-order valence-corrected chi connectivity index (χ1v) is 6.94. The minimum Gasteiger partial charge on any atom is -0.480 e. The van der Waals surface area contributed by atoms with Crippen LogP contribution in [0.1, 0.15) is 23.9 Å². The second-order valence-electron chi connectivity index (χ2n) is 5.37. The van der Waals surface area contributed by atoms with Crippen LogP contribution in [0.25, 0.3) is 0 Å². The summed E-state index contributed by atoms with van der Waals surface area (Å²) in [4.78, 5) is 25.1. The summed E-state index contributed by atoms with van der Waals surface area (Å²) in [7, 11) is 0. The quantitative estimate of drug-likeness (QED) is 0.882. The Morgan fingerprint density at radius 1 is 1.48 bits per heavy atom. The van der Waals surface area contributed by atoms with Crippen molar-refractivity contribution in [2.24, 2.45) is 5.92 Å². The summed E-state index contributed by atoms with van der Waals surface area (Å²) in [5.41, 5.74) is 1.68. The number of carbonyl (C=O) groups excluding carboxylic acids is 1. The summed E-state index contributed by atoms with van der Waals surface area (Å²) in [5.74, 6) is -0.844. The van der Waals surface area contributed by atoms with Gasteiger partial charge in [-0.1, -0.05) is 12.1 Å². The third-order valence-electron chi connectivity index (χ3n) is 3.81. The van der Waals surface area contributed by atoms with Gasteiger partial charge in [0.1, 0.15) is 5.76 Å². The molecule has 1 aliphatic heterocycles. The molecule has 116 valence electrons. The number of morpholine rings is 1. The Balaban J connectivity index is 2.09. The molecular formula is C14H20N2O5. The van der Waals surface area contributed by atoms with Gasteiger partial charge in [0.25, 0.3) is 0 Å². The predicted molar refractivity (Wildman–Crippen MR) is 72.8 cm³/mol. The molecule has 1 aliphatic rings. The Bertz CT molecular complexity index is 520. The van der Waals surface area contributed by atoms with Gasteiger partial charge in [0.05, 0.1) is 18.9 Å². The number of carboxylic acid groups (broad SMARTS) is 1. The van der Waals surface area contributed by atoms with Gasteiger partial charge in [-0.3, -0.25) is 4.79 Å². The first kappa shape index (κ1) is 15.5. The molecule has 1 fully saturated rings. The third-order valence-corrected chi connectivity index (χ3v) is 3.81. The standard InChI is InChI=1S/C14H20N2O5/c1-8(6-11-9(2)15-21-10(11)3)13(17)16-4-5-20-7-12(16)14(18)19/h8,12H,4-7H2,1-3H3,(H,18,19)/t8-,12+/m1/s1. The SMILES string of the molecule is Cc1noc(C)c1C[C@@H](C)C(=O)N1CCOC[C@H]1C(=O)O. The number of aromatic nitrogens is 1. The molecule has 0 bridgehead atoms. The molecule has 21 heavy (non-hydrogen) atoms. The Labute approximate surface area is 122 Å². The van der Waals surface area contributed by atoms with Crippen LogP contribution in [0.2, 0.25) is 0 Å². The lowest BCUT2D eigenvalue weighted by Gasteiger charge is -2.34. The average Bonchev–Trinajstić information content (AvgIpc) is 2.78. The second-order valence-corrected chi connectivity index (χ2v) is 5.37. The molecule has 2 atom stereocenters. The number of aryl methyl sites for hydroxylation is 2. The van der Waals surface area contributed by atoms with E-state index in [1.165, 1.54) is 4.90 Å². The number of ether oxygens (including phenoxy) is 1. The maximum atomic E-state index is 12.5. The second kappa shape index (κ2) is 6.26. The lowest BCUT2D eigenvalue weighted by molar-refractivity contribution is -0.160. The number of carbonyl (C=O) groups is 2. The normalized spacial score (nSPS) is 20.3. The summed E-state index contributed by atoms with van der Waals surface area (Å²) in [6.07, 6.45) is 0.490. The fraction of sp³-hybridized carbons (Fsp3) is 0.643. The molecule has 0 radical (unpaired) electrons. The molecule has 0 aliphatic carbocycles. The smallest absolute Gasteiger partial charge is 0.328 e. The van der Waals surface area contributed by atoms with E-state index in [2.05, 4.69) is 5.16 Å². The van der Waals surface area contributed by atoms with Crippen molar-refractivity contribution in [3.63, 3.8) is 0 Å². The summed E-state index contributed by atoms with van der Waals surface area (Å²) in [5, 5.41) is 13.1. The molecule has 0 aromatic carbocycles. The lowest BCUT2D eigenvalue weighted by Crippen LogP contribution is -2.54. The molecule has 0 spiro atoms. The minimum absolute atomic E-state index is 0.0408. The zero-order chi connectivity index (χ0) is 15.6. The topological polar surface area (TPSA) is 92.9 Å². The van der Waals surface area contributed by atoms with Crippen molar-refractivity contribution in [1.82, 2.24) is 10.1 Å². The molecule has 1 N–H and O–H groups in total. The number of aliphatic carboxylic acids is 1. The van der Waals surface area contributed by atoms with Gasteiger partial charge >= 0.3 is 5.97 Å². The van der Waals surface area contributed by atoms with Gasteiger partial charge in [0, 0.05) is 18.0 Å². The van der Waals surface area contributed by atoms with Crippen molar-refractivity contribution in [3.8, 4) is 0 Å². The molecule has 7 heteroatoms. The van der Waals surface area contributed by atoms with Crippen LogP contribution in [-0.4, -0.2) is 52.8 Å². The highest BCUT2D eigenvalue weighted by Crippen LogP contribution is 2.20. The van der Waals surface area contributed by atoms with Gasteiger partial charge in [0.15, 0.2) is 6.04 Å². The van der Waals surface area contributed by atoms with Gasteiger partial charge in [-0.15, -0.1) is 0 Å². The average molecular weight is 296 g/mol. The molecule has 1 aromatic heterocycles. The third kappa shape index (κ3) is 3.24. The van der Waals surface area contributed by atoms with Crippen molar-refractivity contribution in [1.29, 1.82) is 0 Å². The largest absolute Gasteiger partial charge is 0.480 e. The van der Waals surface area contributed by atoms with Crippen LogP contribution in [0.3, 0.4) is 0 Å². The highest BCUT2D eigenvalue weighted by molar-refractivity contribution is 5.85. The van der Waals surface area contributed by atoms with Crippen molar-refractivity contribution in [2.75, 3.05) is 19.8 Å². The van der Waals surface area contributed by atoms with Crippen LogP contribution in [0.5, 0.6) is 0 Å². The molecule has 1 saturated heterocycles. The Morgan fingerprint density at radius 2 is 2.19 bits per heavy atom. The van der Waals surface area contributed by atoms with Crippen LogP contribution < -0.4 is 0 Å². The first-order valence-electron chi connectivity index (χ1n) is 6.94. The van der Waals surface area contributed by atoms with E-state index >= 15 is 0 Å². The molecule has 7 nitrogen and oxygen atoms in total. The van der Waals surface area contributed by atoms with Crippen molar-refractivity contribution in [3.05, 3.63) is 17.0 Å². The van der Waals surface area contributed by atoms with Crippen LogP contribution in [0.15, 0.2) is 4.52 Å². The summed E-state index contributed by atoms with van der Waals surface area (Å²) in [6, 6.07) is -0.904. The van der Waals surface area contributed by atoms with Crippen LogP contribution >= 0.6 is 0 Å². The first-order chi connectivity index (χ1) is 9.91. The van der Waals surface area contributed by atoms with E-state index in [9.17, 15) is 14.7 Å². The summed E-state index contributed by atoms with van der Waals surface area (Å²) < 4.78 is 10.2. The number of amides is 1. The van der Waals surface area contributed by atoms with E-state index in [1.54, 1.807) is 13.8 Å². The van der Waals surface area contributed by atoms with Gasteiger partial charge in [0.2, 0.25) is 5.91 Å². The van der Waals surface area contributed by atoms with E-state index < -0.39 is 12.0 Å². The zero-order valence-electron chi connectivity index (χ0n) is 12.5. The molecule has 2 heterocycles. The summed E-state index contributed by atoms with van der Waals surface area (Å²) in [6.45, 7) is 6.15. The van der Waals surface area contributed by atoms with E-state index in [4.69, 9.17) is 9.26 Å². The molecule has 2 rings (SSSR count). The van der Waals surface area contributed by atoms with Gasteiger partial charge in [-0.2, -0.15) is 0 Å². The lowest BCUT2D eigenvalue weighted by atomic mass is 9.97. The molecule has 0 saturated carbocycles. The van der Waals surface area contributed by atoms with Crippen LogP contribution in [-0.2, 0) is 20.7 Å². The van der Waals surface area contributed by atoms with Crippen LogP contribution in [0, 0.1) is 19.8 Å². The van der Waals surface area contributed by atoms with E-state index in [1.807, 2.05) is 6.92 Å². The van der Waals surface area contributed by atoms with Gasteiger partial charge in [-0.25, -0.2) is 4.79 Å².